The number of carboxylic acid groups (broad SMARTS) is 1. The molecule has 1 amide bonds. The lowest BCUT2D eigenvalue weighted by atomic mass is 9.86. The quantitative estimate of drug-likeness (QED) is 0.719. The van der Waals surface area contributed by atoms with Crippen molar-refractivity contribution >= 4 is 27.6 Å². The van der Waals surface area contributed by atoms with Gasteiger partial charge in [-0.15, -0.1) is 0 Å². The minimum atomic E-state index is -3.70. The second kappa shape index (κ2) is 8.48. The first-order chi connectivity index (χ1) is 12.2. The van der Waals surface area contributed by atoms with Crippen molar-refractivity contribution in [2.24, 2.45) is 5.92 Å². The highest BCUT2D eigenvalue weighted by Crippen LogP contribution is 2.24. The average molecular weight is 386 g/mol. The Balaban J connectivity index is 2.19. The number of carboxylic acids is 1. The summed E-state index contributed by atoms with van der Waals surface area (Å²) in [6, 6.07) is 2.81. The Morgan fingerprint density at radius 1 is 1.15 bits per heavy atom. The summed E-state index contributed by atoms with van der Waals surface area (Å²) in [6.45, 7) is 0. The largest absolute Gasteiger partial charge is 0.481 e. The molecule has 9 heteroatoms. The van der Waals surface area contributed by atoms with Crippen LogP contribution in [0.5, 0.6) is 0 Å². The molecule has 0 heterocycles. The van der Waals surface area contributed by atoms with Gasteiger partial charge in [0, 0.05) is 11.6 Å². The van der Waals surface area contributed by atoms with Crippen molar-refractivity contribution in [1.82, 2.24) is 5.32 Å². The van der Waals surface area contributed by atoms with Gasteiger partial charge in [0.15, 0.2) is 0 Å². The molecule has 0 aliphatic heterocycles. The number of anilines is 1. The molecule has 2 unspecified atom stereocenters. The zero-order valence-electron chi connectivity index (χ0n) is 14.5. The lowest BCUT2D eigenvalue weighted by Crippen LogP contribution is -2.44. The number of carbonyl (C=O) groups excluding carboxylic acids is 1. The van der Waals surface area contributed by atoms with E-state index in [2.05, 4.69) is 5.32 Å². The Labute approximate surface area is 152 Å². The highest BCUT2D eigenvalue weighted by Gasteiger charge is 2.30. The maximum Gasteiger partial charge on any atom is 0.308 e. The zero-order chi connectivity index (χ0) is 19.3. The van der Waals surface area contributed by atoms with Crippen molar-refractivity contribution in [2.45, 2.75) is 44.6 Å². The first kappa shape index (κ1) is 20.2. The molecule has 3 N–H and O–H groups in total. The van der Waals surface area contributed by atoms with E-state index in [0.29, 0.717) is 12.8 Å². The molecule has 26 heavy (non-hydrogen) atoms. The minimum absolute atomic E-state index is 0.0590. The Morgan fingerprint density at radius 2 is 1.81 bits per heavy atom. The Bertz CT molecular complexity index is 781. The van der Waals surface area contributed by atoms with E-state index in [1.807, 2.05) is 4.72 Å². The standard InChI is InChI=1S/C17H23FN2O5S/c1-26(24,25)20-15-10-11(8-9-13(15)18)16(21)19-14-7-5-3-2-4-6-12(14)17(22)23/h8-10,12,14,20H,2-7H2,1H3,(H,19,21)(H,22,23). The number of benzene rings is 1. The molecule has 0 radical (unpaired) electrons. The molecule has 1 aliphatic carbocycles. The maximum atomic E-state index is 13.8. The van der Waals surface area contributed by atoms with Crippen LogP contribution in [0, 0.1) is 11.7 Å². The highest BCUT2D eigenvalue weighted by atomic mass is 32.2. The number of aliphatic carboxylic acids is 1. The second-order valence-electron chi connectivity index (χ2n) is 6.59. The third kappa shape index (κ3) is 5.69. The van der Waals surface area contributed by atoms with Crippen LogP contribution in [0.2, 0.25) is 0 Å². The fourth-order valence-corrected chi connectivity index (χ4v) is 3.70. The highest BCUT2D eigenvalue weighted by molar-refractivity contribution is 7.92. The number of rotatable bonds is 5. The molecule has 0 aromatic heterocycles. The van der Waals surface area contributed by atoms with Crippen LogP contribution in [0.4, 0.5) is 10.1 Å². The van der Waals surface area contributed by atoms with Gasteiger partial charge in [-0.3, -0.25) is 14.3 Å². The van der Waals surface area contributed by atoms with E-state index in [1.165, 1.54) is 6.07 Å². The van der Waals surface area contributed by atoms with Gasteiger partial charge in [0.05, 0.1) is 17.9 Å². The van der Waals surface area contributed by atoms with Gasteiger partial charge in [-0.05, 0) is 31.0 Å². The SMILES string of the molecule is CS(=O)(=O)Nc1cc(C(=O)NC2CCCCCCC2C(=O)O)ccc1F. The van der Waals surface area contributed by atoms with Crippen molar-refractivity contribution < 1.29 is 27.5 Å². The third-order valence-corrected chi connectivity index (χ3v) is 5.01. The number of carbonyl (C=O) groups is 2. The van der Waals surface area contributed by atoms with Crippen LogP contribution in [0.15, 0.2) is 18.2 Å². The molecule has 2 atom stereocenters. The Kier molecular flexibility index (Phi) is 6.57. The summed E-state index contributed by atoms with van der Waals surface area (Å²) in [7, 11) is -3.70. The van der Waals surface area contributed by atoms with Gasteiger partial charge in [-0.1, -0.05) is 25.7 Å². The summed E-state index contributed by atoms with van der Waals surface area (Å²) in [4.78, 5) is 24.0. The fraction of sp³-hybridized carbons (Fsp3) is 0.529. The molecular formula is C17H23FN2O5S. The van der Waals surface area contributed by atoms with Crippen LogP contribution in [0.25, 0.3) is 0 Å². The summed E-state index contributed by atoms with van der Waals surface area (Å²) in [5, 5.41) is 12.2. The summed E-state index contributed by atoms with van der Waals surface area (Å²) < 4.78 is 38.4. The van der Waals surface area contributed by atoms with E-state index in [1.54, 1.807) is 0 Å². The number of nitrogens with one attached hydrogen (secondary N) is 2. The van der Waals surface area contributed by atoms with E-state index >= 15 is 0 Å². The van der Waals surface area contributed by atoms with Crippen LogP contribution in [-0.2, 0) is 14.8 Å². The van der Waals surface area contributed by atoms with E-state index < -0.39 is 39.7 Å². The molecule has 1 saturated carbocycles. The number of hydrogen-bond acceptors (Lipinski definition) is 4. The number of amides is 1. The fourth-order valence-electron chi connectivity index (χ4n) is 3.15. The van der Waals surface area contributed by atoms with Gasteiger partial charge in [-0.25, -0.2) is 12.8 Å². The molecule has 1 aromatic carbocycles. The number of sulfonamides is 1. The molecule has 1 aromatic rings. The van der Waals surface area contributed by atoms with Crippen molar-refractivity contribution in [3.8, 4) is 0 Å². The molecule has 0 saturated heterocycles. The van der Waals surface area contributed by atoms with Crippen molar-refractivity contribution in [3.05, 3.63) is 29.6 Å². The van der Waals surface area contributed by atoms with Gasteiger partial charge >= 0.3 is 5.97 Å². The predicted octanol–water partition coefficient (Wildman–Crippen LogP) is 2.35. The average Bonchev–Trinajstić information content (AvgIpc) is 2.50. The van der Waals surface area contributed by atoms with Gasteiger partial charge in [-0.2, -0.15) is 0 Å². The van der Waals surface area contributed by atoms with E-state index in [4.69, 9.17) is 0 Å². The van der Waals surface area contributed by atoms with Crippen LogP contribution in [0.1, 0.15) is 48.9 Å². The van der Waals surface area contributed by atoms with Gasteiger partial charge in [0.25, 0.3) is 5.91 Å². The van der Waals surface area contributed by atoms with E-state index in [-0.39, 0.29) is 11.3 Å². The van der Waals surface area contributed by atoms with Gasteiger partial charge in [0.1, 0.15) is 5.82 Å². The first-order valence-electron chi connectivity index (χ1n) is 8.48. The number of hydrogen-bond donors (Lipinski definition) is 3. The van der Waals surface area contributed by atoms with Gasteiger partial charge < -0.3 is 10.4 Å². The van der Waals surface area contributed by atoms with Crippen molar-refractivity contribution in [1.29, 1.82) is 0 Å². The molecule has 1 fully saturated rings. The molecule has 7 nitrogen and oxygen atoms in total. The van der Waals surface area contributed by atoms with Crippen molar-refractivity contribution in [2.75, 3.05) is 11.0 Å². The first-order valence-corrected chi connectivity index (χ1v) is 10.4. The lowest BCUT2D eigenvalue weighted by Gasteiger charge is -2.27. The molecule has 144 valence electrons. The molecule has 1 aliphatic rings. The second-order valence-corrected chi connectivity index (χ2v) is 8.33. The lowest BCUT2D eigenvalue weighted by molar-refractivity contribution is -0.143. The molecule has 0 spiro atoms. The maximum absolute atomic E-state index is 13.8. The normalized spacial score (nSPS) is 21.3. The predicted molar refractivity (Wildman–Crippen MR) is 94.9 cm³/mol. The van der Waals surface area contributed by atoms with Crippen LogP contribution < -0.4 is 10.0 Å². The summed E-state index contributed by atoms with van der Waals surface area (Å²) >= 11 is 0. The molecular weight excluding hydrogens is 363 g/mol. The minimum Gasteiger partial charge on any atom is -0.481 e. The van der Waals surface area contributed by atoms with Crippen LogP contribution in [0.3, 0.4) is 0 Å². The molecule has 0 bridgehead atoms. The third-order valence-electron chi connectivity index (χ3n) is 4.42. The Hall–Kier alpha value is -2.16. The van der Waals surface area contributed by atoms with Crippen LogP contribution in [-0.4, -0.2) is 37.7 Å². The van der Waals surface area contributed by atoms with Crippen molar-refractivity contribution in [3.63, 3.8) is 0 Å². The summed E-state index contributed by atoms with van der Waals surface area (Å²) in [5.74, 6) is -2.98. The number of halogens is 1. The summed E-state index contributed by atoms with van der Waals surface area (Å²) in [6.07, 6.45) is 5.50. The smallest absolute Gasteiger partial charge is 0.308 e. The topological polar surface area (TPSA) is 113 Å². The molecule has 2 rings (SSSR count). The monoisotopic (exact) mass is 386 g/mol. The van der Waals surface area contributed by atoms with E-state index in [0.717, 1.165) is 44.1 Å². The van der Waals surface area contributed by atoms with Gasteiger partial charge in [0.2, 0.25) is 10.0 Å². The van der Waals surface area contributed by atoms with Crippen LogP contribution >= 0.6 is 0 Å². The Morgan fingerprint density at radius 3 is 2.42 bits per heavy atom. The summed E-state index contributed by atoms with van der Waals surface area (Å²) in [5.41, 5.74) is -0.267. The zero-order valence-corrected chi connectivity index (χ0v) is 15.3. The van der Waals surface area contributed by atoms with E-state index in [9.17, 15) is 27.5 Å².